The third-order valence-corrected chi connectivity index (χ3v) is 5.40. The van der Waals surface area contributed by atoms with Gasteiger partial charge in [-0.3, -0.25) is 0 Å². The third kappa shape index (κ3) is 3.73. The lowest BCUT2D eigenvalue weighted by molar-refractivity contribution is 0.178. The van der Waals surface area contributed by atoms with Gasteiger partial charge in [0.25, 0.3) is 0 Å². The molecule has 118 valence electrons. The predicted molar refractivity (Wildman–Crippen MR) is 78.3 cm³/mol. The van der Waals surface area contributed by atoms with Gasteiger partial charge in [0, 0.05) is 13.2 Å². The Balaban J connectivity index is 2.35. The maximum atomic E-state index is 13.8. The number of hydrogen-bond acceptors (Lipinski definition) is 4. The van der Waals surface area contributed by atoms with E-state index in [1.54, 1.807) is 14.0 Å². The summed E-state index contributed by atoms with van der Waals surface area (Å²) in [6.45, 7) is 2.84. The van der Waals surface area contributed by atoms with Crippen LogP contribution in [-0.4, -0.2) is 34.2 Å². The molecule has 0 spiro atoms. The first-order valence-corrected chi connectivity index (χ1v) is 8.38. The summed E-state index contributed by atoms with van der Waals surface area (Å²) in [6, 6.07) is 2.31. The molecular formula is C13H18ClFN2O3S. The van der Waals surface area contributed by atoms with Crippen molar-refractivity contribution < 1.29 is 17.5 Å². The average molecular weight is 337 g/mol. The molecule has 0 radical (unpaired) electrons. The molecule has 0 aromatic heterocycles. The van der Waals surface area contributed by atoms with E-state index < -0.39 is 21.4 Å². The van der Waals surface area contributed by atoms with Crippen LogP contribution in [0.2, 0.25) is 5.02 Å². The number of hydrogen-bond donors (Lipinski definition) is 2. The van der Waals surface area contributed by atoms with Gasteiger partial charge in [-0.25, -0.2) is 17.5 Å². The molecule has 0 saturated carbocycles. The summed E-state index contributed by atoms with van der Waals surface area (Å²) in [4.78, 5) is -0.136. The minimum absolute atomic E-state index is 0.0706. The maximum Gasteiger partial charge on any atom is 0.241 e. The number of halogens is 2. The van der Waals surface area contributed by atoms with Crippen LogP contribution < -0.4 is 10.0 Å². The molecule has 2 rings (SSSR count). The Morgan fingerprint density at radius 3 is 2.76 bits per heavy atom. The Labute approximate surface area is 128 Å². The quantitative estimate of drug-likeness (QED) is 0.858. The molecule has 1 unspecified atom stereocenters. The smallest absolute Gasteiger partial charge is 0.241 e. The van der Waals surface area contributed by atoms with Crippen LogP contribution in [0.25, 0.3) is 0 Å². The van der Waals surface area contributed by atoms with Gasteiger partial charge in [-0.05, 0) is 38.1 Å². The highest BCUT2D eigenvalue weighted by molar-refractivity contribution is 7.89. The molecule has 1 atom stereocenters. The van der Waals surface area contributed by atoms with Crippen molar-refractivity contribution >= 4 is 21.6 Å². The monoisotopic (exact) mass is 336 g/mol. The number of benzene rings is 1. The highest BCUT2D eigenvalue weighted by atomic mass is 35.5. The topological polar surface area (TPSA) is 67.4 Å². The van der Waals surface area contributed by atoms with Crippen molar-refractivity contribution in [3.63, 3.8) is 0 Å². The lowest BCUT2D eigenvalue weighted by atomic mass is 10.0. The minimum atomic E-state index is -3.84. The van der Waals surface area contributed by atoms with Gasteiger partial charge in [-0.1, -0.05) is 11.6 Å². The molecule has 1 aliphatic heterocycles. The zero-order valence-corrected chi connectivity index (χ0v) is 13.4. The fraction of sp³-hybridized carbons (Fsp3) is 0.538. The Morgan fingerprint density at radius 1 is 1.48 bits per heavy atom. The van der Waals surface area contributed by atoms with Crippen molar-refractivity contribution in [1.29, 1.82) is 0 Å². The standard InChI is InChI=1S/C13H18ClFN2O3S/c1-13(3-4-20-8-13)17-21(18,19)10-5-9(7-16-2)12(14)11(15)6-10/h5-6,16-17H,3-4,7-8H2,1-2H3. The largest absolute Gasteiger partial charge is 0.379 e. The van der Waals surface area contributed by atoms with Gasteiger partial charge >= 0.3 is 0 Å². The lowest BCUT2D eigenvalue weighted by Gasteiger charge is -2.23. The van der Waals surface area contributed by atoms with E-state index >= 15 is 0 Å². The molecule has 1 aromatic carbocycles. The van der Waals surface area contributed by atoms with Crippen LogP contribution in [-0.2, 0) is 21.3 Å². The number of sulfonamides is 1. The van der Waals surface area contributed by atoms with Crippen molar-refractivity contribution in [2.24, 2.45) is 0 Å². The van der Waals surface area contributed by atoms with Crippen LogP contribution in [0.1, 0.15) is 18.9 Å². The second kappa shape index (κ2) is 6.18. The molecule has 2 N–H and O–H groups in total. The van der Waals surface area contributed by atoms with Gasteiger partial charge in [0.15, 0.2) is 0 Å². The second-order valence-electron chi connectivity index (χ2n) is 5.38. The van der Waals surface area contributed by atoms with Crippen molar-refractivity contribution in [1.82, 2.24) is 10.0 Å². The van der Waals surface area contributed by atoms with Crippen molar-refractivity contribution in [2.45, 2.75) is 30.3 Å². The molecule has 0 bridgehead atoms. The van der Waals surface area contributed by atoms with Gasteiger partial charge in [-0.2, -0.15) is 0 Å². The highest BCUT2D eigenvalue weighted by Crippen LogP contribution is 2.26. The van der Waals surface area contributed by atoms with Crippen molar-refractivity contribution in [3.05, 3.63) is 28.5 Å². The van der Waals surface area contributed by atoms with Crippen LogP contribution in [0, 0.1) is 5.82 Å². The van der Waals surface area contributed by atoms with Gasteiger partial charge in [0.2, 0.25) is 10.0 Å². The molecule has 5 nitrogen and oxygen atoms in total. The first-order chi connectivity index (χ1) is 9.77. The van der Waals surface area contributed by atoms with E-state index in [1.807, 2.05) is 0 Å². The third-order valence-electron chi connectivity index (χ3n) is 3.35. The zero-order chi connectivity index (χ0) is 15.7. The molecule has 1 aromatic rings. The Hall–Kier alpha value is -0.730. The van der Waals surface area contributed by atoms with E-state index in [1.165, 1.54) is 6.07 Å². The number of nitrogens with one attached hydrogen (secondary N) is 2. The molecule has 21 heavy (non-hydrogen) atoms. The lowest BCUT2D eigenvalue weighted by Crippen LogP contribution is -2.46. The van der Waals surface area contributed by atoms with Gasteiger partial charge in [-0.15, -0.1) is 0 Å². The Bertz CT molecular complexity index is 631. The first-order valence-electron chi connectivity index (χ1n) is 6.52. The normalized spacial score (nSPS) is 22.7. The fourth-order valence-corrected chi connectivity index (χ4v) is 3.88. The predicted octanol–water partition coefficient (Wildman–Crippen LogP) is 1.66. The average Bonchev–Trinajstić information content (AvgIpc) is 2.80. The summed E-state index contributed by atoms with van der Waals surface area (Å²) in [7, 11) is -2.17. The van der Waals surface area contributed by atoms with E-state index in [0.29, 0.717) is 25.2 Å². The molecule has 1 fully saturated rings. The number of ether oxygens (including phenoxy) is 1. The van der Waals surface area contributed by atoms with Crippen LogP contribution in [0.4, 0.5) is 4.39 Å². The highest BCUT2D eigenvalue weighted by Gasteiger charge is 2.35. The second-order valence-corrected chi connectivity index (χ2v) is 7.44. The van der Waals surface area contributed by atoms with Crippen LogP contribution in [0.15, 0.2) is 17.0 Å². The summed E-state index contributed by atoms with van der Waals surface area (Å²) >= 11 is 5.84. The summed E-state index contributed by atoms with van der Waals surface area (Å²) in [6.07, 6.45) is 0.575. The molecular weight excluding hydrogens is 319 g/mol. The molecule has 8 heteroatoms. The van der Waals surface area contributed by atoms with E-state index in [2.05, 4.69) is 10.0 Å². The molecule has 1 saturated heterocycles. The Morgan fingerprint density at radius 2 is 2.19 bits per heavy atom. The van der Waals surface area contributed by atoms with Crippen LogP contribution in [0.3, 0.4) is 0 Å². The SMILES string of the molecule is CNCc1cc(S(=O)(=O)NC2(C)CCOC2)cc(F)c1Cl. The first kappa shape index (κ1) is 16.6. The van der Waals surface area contributed by atoms with Crippen LogP contribution in [0.5, 0.6) is 0 Å². The van der Waals surface area contributed by atoms with E-state index in [-0.39, 0.29) is 16.5 Å². The maximum absolute atomic E-state index is 13.8. The van der Waals surface area contributed by atoms with Crippen LogP contribution >= 0.6 is 11.6 Å². The van der Waals surface area contributed by atoms with Gasteiger partial charge in [0.1, 0.15) is 5.82 Å². The van der Waals surface area contributed by atoms with Crippen molar-refractivity contribution in [3.8, 4) is 0 Å². The minimum Gasteiger partial charge on any atom is -0.379 e. The summed E-state index contributed by atoms with van der Waals surface area (Å²) < 4.78 is 46.5. The molecule has 0 amide bonds. The van der Waals surface area contributed by atoms with Crippen molar-refractivity contribution in [2.75, 3.05) is 20.3 Å². The summed E-state index contributed by atoms with van der Waals surface area (Å²) in [5, 5.41) is 2.75. The van der Waals surface area contributed by atoms with Gasteiger partial charge in [0.05, 0.1) is 22.1 Å². The van der Waals surface area contributed by atoms with E-state index in [9.17, 15) is 12.8 Å². The molecule has 0 aliphatic carbocycles. The van der Waals surface area contributed by atoms with Gasteiger partial charge < -0.3 is 10.1 Å². The van der Waals surface area contributed by atoms with E-state index in [4.69, 9.17) is 16.3 Å². The summed E-state index contributed by atoms with van der Waals surface area (Å²) in [5.74, 6) is -0.752. The molecule has 1 aliphatic rings. The molecule has 1 heterocycles. The zero-order valence-electron chi connectivity index (χ0n) is 11.9. The number of rotatable bonds is 5. The summed E-state index contributed by atoms with van der Waals surface area (Å²) in [5.41, 5.74) is -0.273. The fourth-order valence-electron chi connectivity index (χ4n) is 2.22. The Kier molecular flexibility index (Phi) is 4.89. The van der Waals surface area contributed by atoms with E-state index in [0.717, 1.165) is 6.07 Å².